The summed E-state index contributed by atoms with van der Waals surface area (Å²) in [5, 5.41) is 23.4. The number of carbonyl (C=O) groups excluding carboxylic acids is 1. The van der Waals surface area contributed by atoms with Gasteiger partial charge < -0.3 is 15.3 Å². The normalized spacial score (nSPS) is 20.0. The van der Waals surface area contributed by atoms with Gasteiger partial charge in [0.2, 0.25) is 0 Å². The Morgan fingerprint density at radius 3 is 2.70 bits per heavy atom. The van der Waals surface area contributed by atoms with Crippen molar-refractivity contribution >= 4 is 23.6 Å². The number of aliphatic carboxylic acids is 1. The summed E-state index contributed by atoms with van der Waals surface area (Å²) >= 11 is 1.49. The molecule has 1 aliphatic heterocycles. The third-order valence-electron chi connectivity index (χ3n) is 3.14. The van der Waals surface area contributed by atoms with Crippen LogP contribution in [0.3, 0.4) is 0 Å². The third kappa shape index (κ3) is 4.83. The summed E-state index contributed by atoms with van der Waals surface area (Å²) in [4.78, 5) is 36.8. The second-order valence-electron chi connectivity index (χ2n) is 4.71. The SMILES string of the molecule is O=C(NCCO[N+](=O)[O-])c1ccc(C2NC(C(=O)O)CS2)cc1. The van der Waals surface area contributed by atoms with Crippen LogP contribution in [0.5, 0.6) is 0 Å². The van der Waals surface area contributed by atoms with Crippen molar-refractivity contribution in [3.63, 3.8) is 0 Å². The number of rotatable bonds is 7. The number of carbonyl (C=O) groups is 2. The minimum absolute atomic E-state index is 0.0297. The maximum absolute atomic E-state index is 11.8. The lowest BCUT2D eigenvalue weighted by atomic mass is 10.1. The fourth-order valence-corrected chi connectivity index (χ4v) is 3.24. The molecule has 1 amide bonds. The average molecular weight is 341 g/mol. The predicted octanol–water partition coefficient (Wildman–Crippen LogP) is 0.413. The van der Waals surface area contributed by atoms with Gasteiger partial charge in [-0.05, 0) is 17.7 Å². The molecular formula is C13H15N3O6S. The van der Waals surface area contributed by atoms with E-state index in [0.717, 1.165) is 5.56 Å². The van der Waals surface area contributed by atoms with E-state index >= 15 is 0 Å². The van der Waals surface area contributed by atoms with Crippen molar-refractivity contribution in [2.24, 2.45) is 0 Å². The molecule has 1 aliphatic rings. The molecule has 3 N–H and O–H groups in total. The molecule has 0 saturated carbocycles. The number of nitrogens with zero attached hydrogens (tertiary/aromatic N) is 1. The highest BCUT2D eigenvalue weighted by molar-refractivity contribution is 7.99. The largest absolute Gasteiger partial charge is 0.480 e. The van der Waals surface area contributed by atoms with Gasteiger partial charge in [-0.1, -0.05) is 12.1 Å². The first-order valence-electron chi connectivity index (χ1n) is 6.73. The molecule has 0 radical (unpaired) electrons. The van der Waals surface area contributed by atoms with Crippen LogP contribution < -0.4 is 10.6 Å². The summed E-state index contributed by atoms with van der Waals surface area (Å²) in [6.45, 7) is -0.183. The van der Waals surface area contributed by atoms with Crippen LogP contribution in [0, 0.1) is 10.1 Å². The number of hydrogen-bond donors (Lipinski definition) is 3. The van der Waals surface area contributed by atoms with Crippen LogP contribution in [0.1, 0.15) is 21.3 Å². The zero-order chi connectivity index (χ0) is 16.8. The summed E-state index contributed by atoms with van der Waals surface area (Å²) in [6.07, 6.45) is 0. The zero-order valence-corrected chi connectivity index (χ0v) is 12.7. The van der Waals surface area contributed by atoms with Gasteiger partial charge in [-0.15, -0.1) is 21.9 Å². The molecule has 0 aliphatic carbocycles. The van der Waals surface area contributed by atoms with Gasteiger partial charge in [0.1, 0.15) is 12.6 Å². The number of benzene rings is 1. The summed E-state index contributed by atoms with van der Waals surface area (Å²) in [6, 6.07) is 6.16. The predicted molar refractivity (Wildman–Crippen MR) is 81.5 cm³/mol. The maximum Gasteiger partial charge on any atom is 0.321 e. The molecule has 23 heavy (non-hydrogen) atoms. The van der Waals surface area contributed by atoms with Crippen LogP contribution >= 0.6 is 11.8 Å². The van der Waals surface area contributed by atoms with Gasteiger partial charge in [0.25, 0.3) is 11.0 Å². The summed E-state index contributed by atoms with van der Waals surface area (Å²) in [5.74, 6) is -0.759. The van der Waals surface area contributed by atoms with Gasteiger partial charge in [0, 0.05) is 17.9 Å². The number of carboxylic acid groups (broad SMARTS) is 1. The molecule has 2 rings (SSSR count). The van der Waals surface area contributed by atoms with Crippen LogP contribution in [0.15, 0.2) is 24.3 Å². The van der Waals surface area contributed by atoms with Gasteiger partial charge in [-0.2, -0.15) is 0 Å². The van der Waals surface area contributed by atoms with Crippen LogP contribution in [-0.4, -0.2) is 47.0 Å². The van der Waals surface area contributed by atoms with Crippen molar-refractivity contribution in [1.29, 1.82) is 0 Å². The molecule has 0 bridgehead atoms. The monoisotopic (exact) mass is 341 g/mol. The van der Waals surface area contributed by atoms with Crippen LogP contribution in [0.25, 0.3) is 0 Å². The minimum Gasteiger partial charge on any atom is -0.480 e. The van der Waals surface area contributed by atoms with E-state index in [-0.39, 0.29) is 24.4 Å². The van der Waals surface area contributed by atoms with Gasteiger partial charge in [0.15, 0.2) is 0 Å². The summed E-state index contributed by atoms with van der Waals surface area (Å²) in [5.41, 5.74) is 1.29. The Morgan fingerprint density at radius 2 is 2.13 bits per heavy atom. The second kappa shape index (κ2) is 7.79. The number of thioether (sulfide) groups is 1. The quantitative estimate of drug-likeness (QED) is 0.369. The molecule has 1 saturated heterocycles. The van der Waals surface area contributed by atoms with E-state index in [1.165, 1.54) is 11.8 Å². The van der Waals surface area contributed by atoms with E-state index in [1.54, 1.807) is 24.3 Å². The van der Waals surface area contributed by atoms with Gasteiger partial charge in [0.05, 0.1) is 5.37 Å². The molecule has 1 heterocycles. The fraction of sp³-hybridized carbons (Fsp3) is 0.385. The zero-order valence-electron chi connectivity index (χ0n) is 11.9. The molecule has 2 atom stereocenters. The van der Waals surface area contributed by atoms with Crippen LogP contribution in [0.4, 0.5) is 0 Å². The van der Waals surface area contributed by atoms with Crippen LogP contribution in [-0.2, 0) is 9.63 Å². The molecule has 0 spiro atoms. The van der Waals surface area contributed by atoms with E-state index in [1.807, 2.05) is 0 Å². The minimum atomic E-state index is -0.919. The second-order valence-corrected chi connectivity index (χ2v) is 5.84. The molecule has 10 heteroatoms. The van der Waals surface area contributed by atoms with Crippen molar-refractivity contribution in [1.82, 2.24) is 10.6 Å². The first-order valence-corrected chi connectivity index (χ1v) is 7.78. The number of carboxylic acids is 1. The molecule has 9 nitrogen and oxygen atoms in total. The highest BCUT2D eigenvalue weighted by atomic mass is 32.2. The molecule has 0 aromatic heterocycles. The molecule has 1 fully saturated rings. The van der Waals surface area contributed by atoms with Crippen molar-refractivity contribution in [2.45, 2.75) is 11.4 Å². The fourth-order valence-electron chi connectivity index (χ4n) is 2.00. The third-order valence-corrected chi connectivity index (χ3v) is 4.41. The lowest BCUT2D eigenvalue weighted by Crippen LogP contribution is -2.33. The lowest BCUT2D eigenvalue weighted by molar-refractivity contribution is -0.757. The molecule has 124 valence electrons. The smallest absolute Gasteiger partial charge is 0.321 e. The molecular weight excluding hydrogens is 326 g/mol. The van der Waals surface area contributed by atoms with E-state index in [9.17, 15) is 19.7 Å². The van der Waals surface area contributed by atoms with Crippen molar-refractivity contribution < 1.29 is 24.6 Å². The van der Waals surface area contributed by atoms with Crippen molar-refractivity contribution in [3.8, 4) is 0 Å². The van der Waals surface area contributed by atoms with Gasteiger partial charge in [-0.25, -0.2) is 0 Å². The molecule has 2 unspecified atom stereocenters. The molecule has 1 aromatic rings. The van der Waals surface area contributed by atoms with E-state index < -0.39 is 17.1 Å². The van der Waals surface area contributed by atoms with E-state index in [0.29, 0.717) is 11.3 Å². The first-order chi connectivity index (χ1) is 11.0. The summed E-state index contributed by atoms with van der Waals surface area (Å²) in [7, 11) is 0. The van der Waals surface area contributed by atoms with Gasteiger partial charge >= 0.3 is 5.97 Å². The standard InChI is InChI=1S/C13H15N3O6S/c17-11(14-5-6-22-16(20)21)8-1-3-9(4-2-8)12-15-10(7-23-12)13(18)19/h1-4,10,12,15H,5-7H2,(H,14,17)(H,18,19). The maximum atomic E-state index is 11.8. The van der Waals surface area contributed by atoms with E-state index in [4.69, 9.17) is 5.11 Å². The van der Waals surface area contributed by atoms with E-state index in [2.05, 4.69) is 15.5 Å². The highest BCUT2D eigenvalue weighted by Gasteiger charge is 2.30. The lowest BCUT2D eigenvalue weighted by Gasteiger charge is -2.12. The first kappa shape index (κ1) is 17.0. The van der Waals surface area contributed by atoms with Crippen molar-refractivity contribution in [3.05, 3.63) is 45.5 Å². The Bertz CT molecular complexity index is 594. The number of nitrogens with one attached hydrogen (secondary N) is 2. The average Bonchev–Trinajstić information content (AvgIpc) is 3.01. The number of hydrogen-bond acceptors (Lipinski definition) is 7. The van der Waals surface area contributed by atoms with Crippen LogP contribution in [0.2, 0.25) is 0 Å². The Labute approximate surface area is 135 Å². The Balaban J connectivity index is 1.86. The van der Waals surface area contributed by atoms with Crippen molar-refractivity contribution in [2.75, 3.05) is 18.9 Å². The van der Waals surface area contributed by atoms with Gasteiger partial charge in [-0.3, -0.25) is 14.9 Å². The highest BCUT2D eigenvalue weighted by Crippen LogP contribution is 2.32. The Kier molecular flexibility index (Phi) is 5.77. The Morgan fingerprint density at radius 1 is 1.43 bits per heavy atom. The topological polar surface area (TPSA) is 131 Å². The Hall–Kier alpha value is -2.33. The number of amides is 1. The molecule has 1 aromatic carbocycles. The summed E-state index contributed by atoms with van der Waals surface area (Å²) < 4.78 is 0.